The second-order valence-corrected chi connectivity index (χ2v) is 5.74. The van der Waals surface area contributed by atoms with E-state index in [2.05, 4.69) is 18.7 Å². The van der Waals surface area contributed by atoms with Crippen molar-refractivity contribution in [3.63, 3.8) is 0 Å². The van der Waals surface area contributed by atoms with E-state index in [0.717, 1.165) is 6.04 Å². The van der Waals surface area contributed by atoms with Crippen LogP contribution < -0.4 is 0 Å². The lowest BCUT2D eigenvalue weighted by molar-refractivity contribution is 0.143. The molecule has 0 saturated carbocycles. The Bertz CT molecular complexity index is 151. The van der Waals surface area contributed by atoms with E-state index in [1.165, 1.54) is 83.7 Å². The Morgan fingerprint density at radius 3 is 1.76 bits per heavy atom. The molecule has 0 aliphatic carbocycles. The molecule has 0 aromatic heterocycles. The first-order valence-corrected chi connectivity index (χ1v) is 8.12. The lowest BCUT2D eigenvalue weighted by atomic mass is 9.98. The predicted octanol–water partition coefficient (Wildman–Crippen LogP) is 5.00. The Morgan fingerprint density at radius 2 is 1.29 bits per heavy atom. The maximum Gasteiger partial charge on any atom is 0.00952 e. The molecule has 1 nitrogen and oxygen atoms in total. The van der Waals surface area contributed by atoms with Gasteiger partial charge in [0, 0.05) is 6.04 Å². The third-order valence-electron chi connectivity index (χ3n) is 4.19. The summed E-state index contributed by atoms with van der Waals surface area (Å²) in [6, 6.07) is 0.911. The van der Waals surface area contributed by atoms with Crippen molar-refractivity contribution in [2.45, 2.75) is 90.5 Å². The molecule has 1 heterocycles. The Labute approximate surface area is 109 Å². The molecular weight excluding hydrogens is 206 g/mol. The fourth-order valence-corrected chi connectivity index (χ4v) is 3.05. The first-order valence-electron chi connectivity index (χ1n) is 8.12. The summed E-state index contributed by atoms with van der Waals surface area (Å²) in [6.07, 6.45) is 15.7. The van der Waals surface area contributed by atoms with Crippen molar-refractivity contribution in [3.05, 3.63) is 0 Å². The minimum Gasteiger partial charge on any atom is -0.300 e. The van der Waals surface area contributed by atoms with Gasteiger partial charge in [0.2, 0.25) is 0 Å². The summed E-state index contributed by atoms with van der Waals surface area (Å²) in [6.45, 7) is 7.38. The molecule has 1 saturated heterocycles. The minimum atomic E-state index is 0.911. The largest absolute Gasteiger partial charge is 0.300 e. The summed E-state index contributed by atoms with van der Waals surface area (Å²) in [5.74, 6) is 0. The van der Waals surface area contributed by atoms with Crippen LogP contribution in [-0.4, -0.2) is 24.0 Å². The van der Waals surface area contributed by atoms with Gasteiger partial charge in [-0.05, 0) is 38.8 Å². The van der Waals surface area contributed by atoms with Crippen molar-refractivity contribution in [2.24, 2.45) is 0 Å². The first-order chi connectivity index (χ1) is 8.38. The molecule has 1 rings (SSSR count). The van der Waals surface area contributed by atoms with Gasteiger partial charge >= 0.3 is 0 Å². The fraction of sp³-hybridized carbons (Fsp3) is 1.00. The number of likely N-dealkylation sites (tertiary alicyclic amines) is 1. The normalized spacial score (nSPS) is 17.8. The van der Waals surface area contributed by atoms with Gasteiger partial charge in [0.05, 0.1) is 0 Å². The average Bonchev–Trinajstić information content (AvgIpc) is 2.38. The van der Waals surface area contributed by atoms with Gasteiger partial charge in [-0.1, -0.05) is 58.8 Å². The highest BCUT2D eigenvalue weighted by Gasteiger charge is 2.19. The molecule has 1 heteroatoms. The Balaban J connectivity index is 2.27. The zero-order chi connectivity index (χ0) is 12.3. The van der Waals surface area contributed by atoms with Gasteiger partial charge in [0.1, 0.15) is 0 Å². The number of nitrogens with zero attached hydrogens (tertiary/aromatic N) is 1. The number of unbranched alkanes of at least 4 members (excludes halogenated alkanes) is 4. The van der Waals surface area contributed by atoms with E-state index in [1.807, 2.05) is 0 Å². The van der Waals surface area contributed by atoms with Gasteiger partial charge in [0.15, 0.2) is 0 Å². The quantitative estimate of drug-likeness (QED) is 0.512. The van der Waals surface area contributed by atoms with Crippen LogP contribution >= 0.6 is 0 Å². The van der Waals surface area contributed by atoms with Gasteiger partial charge in [-0.2, -0.15) is 0 Å². The van der Waals surface area contributed by atoms with Crippen molar-refractivity contribution in [1.29, 1.82) is 0 Å². The van der Waals surface area contributed by atoms with E-state index in [-0.39, 0.29) is 0 Å². The Hall–Kier alpha value is -0.0400. The van der Waals surface area contributed by atoms with Crippen molar-refractivity contribution >= 4 is 0 Å². The third kappa shape index (κ3) is 6.45. The summed E-state index contributed by atoms with van der Waals surface area (Å²) in [4.78, 5) is 2.80. The van der Waals surface area contributed by atoms with E-state index in [1.54, 1.807) is 0 Å². The third-order valence-corrected chi connectivity index (χ3v) is 4.19. The number of piperidine rings is 1. The molecule has 0 bridgehead atoms. The van der Waals surface area contributed by atoms with Crippen molar-refractivity contribution < 1.29 is 0 Å². The van der Waals surface area contributed by atoms with Crippen LogP contribution in [0, 0.1) is 0 Å². The smallest absolute Gasteiger partial charge is 0.00952 e. The van der Waals surface area contributed by atoms with Crippen LogP contribution in [0.2, 0.25) is 0 Å². The van der Waals surface area contributed by atoms with Gasteiger partial charge < -0.3 is 4.90 Å². The number of hydrogen-bond acceptors (Lipinski definition) is 1. The molecule has 0 N–H and O–H groups in total. The molecule has 0 atom stereocenters. The Kier molecular flexibility index (Phi) is 8.78. The summed E-state index contributed by atoms with van der Waals surface area (Å²) in [7, 11) is 0. The summed E-state index contributed by atoms with van der Waals surface area (Å²) >= 11 is 0. The molecular formula is C16H33N. The molecule has 0 unspecified atom stereocenters. The average molecular weight is 239 g/mol. The topological polar surface area (TPSA) is 3.24 Å². The van der Waals surface area contributed by atoms with Crippen LogP contribution in [0.5, 0.6) is 0 Å². The second kappa shape index (κ2) is 9.94. The fourth-order valence-electron chi connectivity index (χ4n) is 3.05. The van der Waals surface area contributed by atoms with Crippen LogP contribution in [0.25, 0.3) is 0 Å². The zero-order valence-electron chi connectivity index (χ0n) is 12.2. The molecule has 0 aromatic carbocycles. The van der Waals surface area contributed by atoms with Crippen molar-refractivity contribution in [1.82, 2.24) is 4.90 Å². The van der Waals surface area contributed by atoms with Crippen LogP contribution in [0.4, 0.5) is 0 Å². The van der Waals surface area contributed by atoms with Crippen molar-refractivity contribution in [2.75, 3.05) is 13.1 Å². The summed E-state index contributed by atoms with van der Waals surface area (Å²) < 4.78 is 0. The molecule has 1 fully saturated rings. The molecule has 0 aromatic rings. The molecule has 102 valence electrons. The highest BCUT2D eigenvalue weighted by molar-refractivity contribution is 4.75. The highest BCUT2D eigenvalue weighted by Crippen LogP contribution is 2.21. The molecule has 1 aliphatic heterocycles. The van der Waals surface area contributed by atoms with E-state index >= 15 is 0 Å². The Morgan fingerprint density at radius 1 is 0.765 bits per heavy atom. The molecule has 0 amide bonds. The predicted molar refractivity (Wildman–Crippen MR) is 77.5 cm³/mol. The van der Waals surface area contributed by atoms with Gasteiger partial charge in [-0.15, -0.1) is 0 Å². The second-order valence-electron chi connectivity index (χ2n) is 5.74. The van der Waals surface area contributed by atoms with E-state index in [4.69, 9.17) is 0 Å². The van der Waals surface area contributed by atoms with Crippen LogP contribution in [0.15, 0.2) is 0 Å². The van der Waals surface area contributed by atoms with E-state index < -0.39 is 0 Å². The maximum atomic E-state index is 2.80. The molecule has 0 radical (unpaired) electrons. The monoisotopic (exact) mass is 239 g/mol. The van der Waals surface area contributed by atoms with E-state index in [0.29, 0.717) is 0 Å². The van der Waals surface area contributed by atoms with E-state index in [9.17, 15) is 0 Å². The molecule has 0 spiro atoms. The molecule has 17 heavy (non-hydrogen) atoms. The van der Waals surface area contributed by atoms with Crippen LogP contribution in [-0.2, 0) is 0 Å². The number of hydrogen-bond donors (Lipinski definition) is 0. The number of rotatable bonds is 9. The highest BCUT2D eigenvalue weighted by atomic mass is 15.2. The van der Waals surface area contributed by atoms with Crippen molar-refractivity contribution in [3.8, 4) is 0 Å². The first kappa shape index (κ1) is 15.0. The van der Waals surface area contributed by atoms with Gasteiger partial charge in [-0.3, -0.25) is 0 Å². The maximum absolute atomic E-state index is 2.80. The zero-order valence-corrected chi connectivity index (χ0v) is 12.2. The lowest BCUT2D eigenvalue weighted by Gasteiger charge is -2.35. The molecule has 1 aliphatic rings. The van der Waals surface area contributed by atoms with Gasteiger partial charge in [0.25, 0.3) is 0 Å². The van der Waals surface area contributed by atoms with Gasteiger partial charge in [-0.25, -0.2) is 0 Å². The standard InChI is InChI=1S/C16H33N/c1-3-5-8-12-16(13-9-6-4-2)17-14-10-7-11-15-17/h16H,3-15H2,1-2H3. The summed E-state index contributed by atoms with van der Waals surface area (Å²) in [5, 5.41) is 0. The summed E-state index contributed by atoms with van der Waals surface area (Å²) in [5.41, 5.74) is 0. The SMILES string of the molecule is CCCCCC(CCCCC)N1CCCCC1. The van der Waals surface area contributed by atoms with Crippen LogP contribution in [0.3, 0.4) is 0 Å². The lowest BCUT2D eigenvalue weighted by Crippen LogP contribution is -2.39. The van der Waals surface area contributed by atoms with Crippen LogP contribution in [0.1, 0.15) is 84.5 Å². The minimum absolute atomic E-state index is 0.911.